The molecule has 0 aromatic heterocycles. The SMILES string of the molecule is CCCC(C)C(NCC)c1ccc(OC)c(Br)c1OC. The highest BCUT2D eigenvalue weighted by Gasteiger charge is 2.24. The molecule has 0 aliphatic carbocycles. The van der Waals surface area contributed by atoms with Crippen LogP contribution in [0.3, 0.4) is 0 Å². The zero-order valence-corrected chi connectivity index (χ0v) is 14.7. The van der Waals surface area contributed by atoms with Crippen molar-refractivity contribution in [1.29, 1.82) is 0 Å². The van der Waals surface area contributed by atoms with Gasteiger partial charge < -0.3 is 14.8 Å². The van der Waals surface area contributed by atoms with Crippen LogP contribution in [-0.4, -0.2) is 20.8 Å². The van der Waals surface area contributed by atoms with Crippen molar-refractivity contribution in [1.82, 2.24) is 5.32 Å². The van der Waals surface area contributed by atoms with Crippen molar-refractivity contribution in [3.05, 3.63) is 22.2 Å². The largest absolute Gasteiger partial charge is 0.495 e. The third kappa shape index (κ3) is 3.89. The van der Waals surface area contributed by atoms with Gasteiger partial charge in [-0.3, -0.25) is 0 Å². The summed E-state index contributed by atoms with van der Waals surface area (Å²) in [7, 11) is 3.37. The maximum absolute atomic E-state index is 5.61. The van der Waals surface area contributed by atoms with E-state index in [0.29, 0.717) is 5.92 Å². The van der Waals surface area contributed by atoms with E-state index in [1.54, 1.807) is 14.2 Å². The molecule has 1 aromatic rings. The quantitative estimate of drug-likeness (QED) is 0.750. The minimum absolute atomic E-state index is 0.289. The van der Waals surface area contributed by atoms with Crippen LogP contribution in [0.5, 0.6) is 11.5 Å². The average molecular weight is 344 g/mol. The summed E-state index contributed by atoms with van der Waals surface area (Å²) in [6, 6.07) is 4.38. The summed E-state index contributed by atoms with van der Waals surface area (Å²) in [5.74, 6) is 2.20. The number of rotatable bonds is 8. The zero-order chi connectivity index (χ0) is 15.1. The van der Waals surface area contributed by atoms with Gasteiger partial charge in [0.05, 0.1) is 14.2 Å². The molecule has 0 aliphatic heterocycles. The van der Waals surface area contributed by atoms with Gasteiger partial charge in [0.25, 0.3) is 0 Å². The van der Waals surface area contributed by atoms with Gasteiger partial charge in [0.2, 0.25) is 0 Å². The Bertz CT molecular complexity index is 423. The second kappa shape index (κ2) is 8.53. The highest BCUT2D eigenvalue weighted by Crippen LogP contribution is 2.41. The minimum atomic E-state index is 0.289. The van der Waals surface area contributed by atoms with Crippen molar-refractivity contribution in [2.75, 3.05) is 20.8 Å². The first-order valence-electron chi connectivity index (χ1n) is 7.24. The molecule has 0 radical (unpaired) electrons. The summed E-state index contributed by atoms with van der Waals surface area (Å²) in [5.41, 5.74) is 1.18. The van der Waals surface area contributed by atoms with Gasteiger partial charge in [0, 0.05) is 11.6 Å². The Labute approximate surface area is 131 Å². The van der Waals surface area contributed by atoms with Crippen LogP contribution in [0.2, 0.25) is 0 Å². The van der Waals surface area contributed by atoms with Gasteiger partial charge >= 0.3 is 0 Å². The molecule has 1 N–H and O–H groups in total. The van der Waals surface area contributed by atoms with Crippen LogP contribution in [-0.2, 0) is 0 Å². The van der Waals surface area contributed by atoms with Crippen LogP contribution in [0.4, 0.5) is 0 Å². The Hall–Kier alpha value is -0.740. The normalized spacial score (nSPS) is 13.9. The zero-order valence-electron chi connectivity index (χ0n) is 13.1. The Kier molecular flexibility index (Phi) is 7.38. The maximum atomic E-state index is 5.61. The molecule has 1 aromatic carbocycles. The molecule has 20 heavy (non-hydrogen) atoms. The van der Waals surface area contributed by atoms with E-state index in [1.165, 1.54) is 18.4 Å². The van der Waals surface area contributed by atoms with Crippen molar-refractivity contribution >= 4 is 15.9 Å². The molecule has 2 atom stereocenters. The molecule has 0 bridgehead atoms. The maximum Gasteiger partial charge on any atom is 0.141 e. The first-order chi connectivity index (χ1) is 9.60. The number of hydrogen-bond donors (Lipinski definition) is 1. The van der Waals surface area contributed by atoms with E-state index < -0.39 is 0 Å². The van der Waals surface area contributed by atoms with Crippen LogP contribution in [0, 0.1) is 5.92 Å². The second-order valence-corrected chi connectivity index (χ2v) is 5.80. The topological polar surface area (TPSA) is 30.5 Å². The van der Waals surface area contributed by atoms with E-state index in [2.05, 4.69) is 48.1 Å². The van der Waals surface area contributed by atoms with Gasteiger partial charge in [-0.15, -0.1) is 0 Å². The van der Waals surface area contributed by atoms with Gasteiger partial charge in [-0.25, -0.2) is 0 Å². The number of ether oxygens (including phenoxy) is 2. The summed E-state index contributed by atoms with van der Waals surface area (Å²) < 4.78 is 11.8. The standard InChI is InChI=1S/C16H26BrNO2/c1-6-8-11(3)15(18-7-2)12-9-10-13(19-4)14(17)16(12)20-5/h9-11,15,18H,6-8H2,1-5H3. The fourth-order valence-corrected chi connectivity index (χ4v) is 3.31. The Morgan fingerprint density at radius 3 is 2.40 bits per heavy atom. The monoisotopic (exact) mass is 343 g/mol. The fourth-order valence-electron chi connectivity index (χ4n) is 2.62. The van der Waals surface area contributed by atoms with Gasteiger partial charge in [0.15, 0.2) is 0 Å². The molecule has 1 rings (SSSR count). The smallest absolute Gasteiger partial charge is 0.141 e. The number of hydrogen-bond acceptors (Lipinski definition) is 3. The first-order valence-corrected chi connectivity index (χ1v) is 8.03. The predicted octanol–water partition coefficient (Wildman–Crippen LogP) is 4.55. The molecular formula is C16H26BrNO2. The molecule has 114 valence electrons. The lowest BCUT2D eigenvalue weighted by molar-refractivity contribution is 0.341. The summed E-state index contributed by atoms with van der Waals surface area (Å²) in [6.07, 6.45) is 2.37. The van der Waals surface area contributed by atoms with Crippen LogP contribution < -0.4 is 14.8 Å². The van der Waals surface area contributed by atoms with Crippen molar-refractivity contribution in [2.45, 2.75) is 39.7 Å². The number of benzene rings is 1. The Morgan fingerprint density at radius 1 is 1.20 bits per heavy atom. The molecule has 0 fully saturated rings. The molecule has 0 amide bonds. The lowest BCUT2D eigenvalue weighted by Gasteiger charge is -2.27. The number of halogens is 1. The van der Waals surface area contributed by atoms with Crippen molar-refractivity contribution in [3.8, 4) is 11.5 Å². The lowest BCUT2D eigenvalue weighted by atomic mass is 9.90. The third-order valence-electron chi connectivity index (χ3n) is 3.59. The van der Waals surface area contributed by atoms with E-state index in [0.717, 1.165) is 22.5 Å². The summed E-state index contributed by atoms with van der Waals surface area (Å²) in [4.78, 5) is 0. The van der Waals surface area contributed by atoms with Crippen molar-refractivity contribution in [3.63, 3.8) is 0 Å². The molecule has 4 heteroatoms. The minimum Gasteiger partial charge on any atom is -0.495 e. The molecule has 2 unspecified atom stereocenters. The lowest BCUT2D eigenvalue weighted by Crippen LogP contribution is -2.27. The van der Waals surface area contributed by atoms with Gasteiger partial charge in [-0.05, 0) is 46.9 Å². The molecule has 0 saturated carbocycles. The highest BCUT2D eigenvalue weighted by molar-refractivity contribution is 9.10. The second-order valence-electron chi connectivity index (χ2n) is 5.01. The number of nitrogens with one attached hydrogen (secondary N) is 1. The van der Waals surface area contributed by atoms with Gasteiger partial charge in [0.1, 0.15) is 16.0 Å². The van der Waals surface area contributed by atoms with E-state index in [9.17, 15) is 0 Å². The summed E-state index contributed by atoms with van der Waals surface area (Å²) in [5, 5.41) is 3.58. The summed E-state index contributed by atoms with van der Waals surface area (Å²) in [6.45, 7) is 7.58. The van der Waals surface area contributed by atoms with E-state index >= 15 is 0 Å². The van der Waals surface area contributed by atoms with Crippen LogP contribution in [0.1, 0.15) is 45.2 Å². The third-order valence-corrected chi connectivity index (χ3v) is 4.34. The van der Waals surface area contributed by atoms with Gasteiger partial charge in [-0.1, -0.05) is 27.2 Å². The molecule has 0 spiro atoms. The molecule has 0 heterocycles. The van der Waals surface area contributed by atoms with Crippen molar-refractivity contribution in [2.24, 2.45) is 5.92 Å². The predicted molar refractivity (Wildman–Crippen MR) is 87.7 cm³/mol. The van der Waals surface area contributed by atoms with Crippen LogP contribution in [0.25, 0.3) is 0 Å². The summed E-state index contributed by atoms with van der Waals surface area (Å²) >= 11 is 3.58. The average Bonchev–Trinajstić information content (AvgIpc) is 2.44. The van der Waals surface area contributed by atoms with Crippen LogP contribution >= 0.6 is 15.9 Å². The van der Waals surface area contributed by atoms with E-state index in [1.807, 2.05) is 6.07 Å². The first kappa shape index (κ1) is 17.3. The van der Waals surface area contributed by atoms with Crippen LogP contribution in [0.15, 0.2) is 16.6 Å². The van der Waals surface area contributed by atoms with Crippen molar-refractivity contribution < 1.29 is 9.47 Å². The molecule has 3 nitrogen and oxygen atoms in total. The molecule has 0 saturated heterocycles. The highest BCUT2D eigenvalue weighted by atomic mass is 79.9. The number of methoxy groups -OCH3 is 2. The van der Waals surface area contributed by atoms with Gasteiger partial charge in [-0.2, -0.15) is 0 Å². The Morgan fingerprint density at radius 2 is 1.90 bits per heavy atom. The molecular weight excluding hydrogens is 318 g/mol. The van der Waals surface area contributed by atoms with E-state index in [4.69, 9.17) is 9.47 Å². The Balaban J connectivity index is 3.22. The fraction of sp³-hybridized carbons (Fsp3) is 0.625. The molecule has 0 aliphatic rings. The van der Waals surface area contributed by atoms with E-state index in [-0.39, 0.29) is 6.04 Å².